The fourth-order valence-electron chi connectivity index (χ4n) is 1.52. The van der Waals surface area contributed by atoms with Crippen molar-refractivity contribution < 1.29 is 14.9 Å². The second-order valence-electron chi connectivity index (χ2n) is 4.10. The molecule has 0 saturated carbocycles. The number of hydrogen-bond acceptors (Lipinski definition) is 9. The highest BCUT2D eigenvalue weighted by Gasteiger charge is 2.22. The molecule has 1 aromatic rings. The van der Waals surface area contributed by atoms with Gasteiger partial charge in [-0.1, -0.05) is 0 Å². The molecule has 0 radical (unpaired) electrons. The molecule has 0 unspecified atom stereocenters. The summed E-state index contributed by atoms with van der Waals surface area (Å²) in [6, 6.07) is 0.678. The number of nitrogens with zero attached hydrogens (tertiary/aromatic N) is 3. The van der Waals surface area contributed by atoms with Crippen molar-refractivity contribution >= 4 is 23.0 Å². The molecule has 6 N–H and O–H groups in total. The van der Waals surface area contributed by atoms with Gasteiger partial charge in [0.1, 0.15) is 6.07 Å². The van der Waals surface area contributed by atoms with E-state index in [4.69, 9.17) is 11.5 Å². The minimum Gasteiger partial charge on any atom is -0.634 e. The number of piperazine rings is 1. The van der Waals surface area contributed by atoms with Crippen molar-refractivity contribution in [2.24, 2.45) is 0 Å². The minimum absolute atomic E-state index is 0.402. The highest BCUT2D eigenvalue weighted by atomic mass is 16.6. The number of nitrogens with one attached hydrogen (secondary N) is 2. The van der Waals surface area contributed by atoms with Crippen LogP contribution in [0.5, 0.6) is 0 Å². The number of pyridine rings is 1. The molecular weight excluding hydrogens is 286 g/mol. The Morgan fingerprint density at radius 1 is 1.10 bits per heavy atom. The second kappa shape index (κ2) is 7.28. The maximum atomic E-state index is 10.4. The zero-order valence-corrected chi connectivity index (χ0v) is 10.9. The third-order valence-corrected chi connectivity index (χ3v) is 2.59. The second-order valence-corrected chi connectivity index (χ2v) is 4.10. The Morgan fingerprint density at radius 3 is 1.81 bits per heavy atom. The van der Waals surface area contributed by atoms with E-state index in [-0.39, 0.29) is 0 Å². The van der Waals surface area contributed by atoms with Gasteiger partial charge < -0.3 is 27.1 Å². The topological polar surface area (TPSA) is 191 Å². The van der Waals surface area contributed by atoms with E-state index < -0.39 is 32.9 Å². The maximum absolute atomic E-state index is 10.4. The summed E-state index contributed by atoms with van der Waals surface area (Å²) < 4.78 is 0. The van der Waals surface area contributed by atoms with Crippen LogP contribution in [-0.4, -0.2) is 41.0 Å². The van der Waals surface area contributed by atoms with E-state index >= 15 is 0 Å². The molecule has 0 aromatic carbocycles. The Morgan fingerprint density at radius 2 is 1.52 bits per heavy atom. The van der Waals surface area contributed by atoms with Crippen molar-refractivity contribution in [3.63, 3.8) is 0 Å². The number of aromatic nitrogens is 1. The first-order chi connectivity index (χ1) is 9.82. The number of hydrogen-bond donors (Lipinski definition) is 4. The number of nitro groups is 2. The van der Waals surface area contributed by atoms with Gasteiger partial charge in [0.05, 0.1) is 22.9 Å². The molecule has 1 aliphatic heterocycles. The molecule has 0 amide bonds. The van der Waals surface area contributed by atoms with Crippen LogP contribution in [0.3, 0.4) is 0 Å². The molecule has 2 heterocycles. The van der Waals surface area contributed by atoms with Crippen LogP contribution < -0.4 is 21.8 Å². The molecular formula is C9H15N7O5. The van der Waals surface area contributed by atoms with Gasteiger partial charge in [0, 0.05) is 13.1 Å². The van der Waals surface area contributed by atoms with Gasteiger partial charge in [-0.05, 0) is 0 Å². The Labute approximate surface area is 118 Å². The molecule has 1 aromatic heterocycles. The van der Waals surface area contributed by atoms with Crippen LogP contribution in [0.1, 0.15) is 0 Å². The smallest absolute Gasteiger partial charge is 0.318 e. The summed E-state index contributed by atoms with van der Waals surface area (Å²) in [5, 5.41) is 34.6. The predicted molar refractivity (Wildman–Crippen MR) is 73.3 cm³/mol. The summed E-state index contributed by atoms with van der Waals surface area (Å²) in [4.78, 5) is 22.2. The van der Waals surface area contributed by atoms with Crippen molar-refractivity contribution in [3.8, 4) is 0 Å². The van der Waals surface area contributed by atoms with Gasteiger partial charge in [0.25, 0.3) is 0 Å². The molecule has 21 heavy (non-hydrogen) atoms. The van der Waals surface area contributed by atoms with Crippen LogP contribution >= 0.6 is 0 Å². The number of quaternary nitrogens is 1. The van der Waals surface area contributed by atoms with Gasteiger partial charge in [-0.3, -0.25) is 20.2 Å². The van der Waals surface area contributed by atoms with Crippen LogP contribution in [0.15, 0.2) is 6.07 Å². The number of hydroxylamine groups is 2. The van der Waals surface area contributed by atoms with E-state index in [1.54, 1.807) is 0 Å². The molecule has 0 bridgehead atoms. The third kappa shape index (κ3) is 4.79. The SMILES string of the molecule is Nc1nc(N)c([N+](=O)[O-])cc1[N+](=O)[O-].[O-][NH+]1CCNCC1. The Bertz CT molecular complexity index is 496. The first-order valence-electron chi connectivity index (χ1n) is 5.90. The molecule has 116 valence electrons. The Balaban J connectivity index is 0.000000262. The van der Waals surface area contributed by atoms with Crippen LogP contribution in [0, 0.1) is 25.4 Å². The quantitative estimate of drug-likeness (QED) is 0.272. The van der Waals surface area contributed by atoms with Crippen molar-refractivity contribution in [2.45, 2.75) is 0 Å². The van der Waals surface area contributed by atoms with Gasteiger partial charge in [-0.2, -0.15) is 0 Å². The lowest BCUT2D eigenvalue weighted by Crippen LogP contribution is -3.10. The monoisotopic (exact) mass is 301 g/mol. The first kappa shape index (κ1) is 16.5. The number of anilines is 2. The molecule has 0 spiro atoms. The van der Waals surface area contributed by atoms with Crippen molar-refractivity contribution in [2.75, 3.05) is 37.6 Å². The molecule has 12 nitrogen and oxygen atoms in total. The van der Waals surface area contributed by atoms with E-state index in [1.807, 2.05) is 0 Å². The van der Waals surface area contributed by atoms with Gasteiger partial charge in [-0.15, -0.1) is 0 Å². The largest absolute Gasteiger partial charge is 0.634 e. The zero-order valence-electron chi connectivity index (χ0n) is 10.9. The van der Waals surface area contributed by atoms with Crippen LogP contribution in [0.2, 0.25) is 0 Å². The van der Waals surface area contributed by atoms with E-state index in [9.17, 15) is 25.4 Å². The average Bonchev–Trinajstić information content (AvgIpc) is 2.39. The van der Waals surface area contributed by atoms with Crippen LogP contribution in [0.25, 0.3) is 0 Å². The molecule has 12 heteroatoms. The van der Waals surface area contributed by atoms with Gasteiger partial charge >= 0.3 is 11.4 Å². The highest BCUT2D eigenvalue weighted by molar-refractivity contribution is 5.66. The summed E-state index contributed by atoms with van der Waals surface area (Å²) in [7, 11) is 0. The number of rotatable bonds is 2. The van der Waals surface area contributed by atoms with E-state index in [0.717, 1.165) is 26.2 Å². The Kier molecular flexibility index (Phi) is 5.71. The van der Waals surface area contributed by atoms with E-state index in [0.29, 0.717) is 11.1 Å². The molecule has 1 saturated heterocycles. The lowest BCUT2D eigenvalue weighted by Gasteiger charge is -2.26. The van der Waals surface area contributed by atoms with Crippen molar-refractivity contribution in [1.29, 1.82) is 0 Å². The summed E-state index contributed by atoms with van der Waals surface area (Å²) in [5.41, 5.74) is 9.01. The molecule has 1 aliphatic rings. The predicted octanol–water partition coefficient (Wildman–Crippen LogP) is -1.97. The standard InChI is InChI=1S/C5H5N5O4.C4H10N2O/c6-4-2(9(11)12)1-3(10(13)14)5(7)8-4;7-6-3-1-5-2-4-6/h1H,(H4,6,7,8);5-6H,1-4H2. The fourth-order valence-corrected chi connectivity index (χ4v) is 1.52. The highest BCUT2D eigenvalue weighted by Crippen LogP contribution is 2.28. The van der Waals surface area contributed by atoms with Crippen LogP contribution in [-0.2, 0) is 0 Å². The maximum Gasteiger partial charge on any atom is 0.318 e. The van der Waals surface area contributed by atoms with Crippen molar-refractivity contribution in [1.82, 2.24) is 10.3 Å². The summed E-state index contributed by atoms with van der Waals surface area (Å²) in [6.45, 7) is 3.25. The molecule has 2 rings (SSSR count). The van der Waals surface area contributed by atoms with Gasteiger partial charge in [0.15, 0.2) is 0 Å². The number of nitrogens with two attached hydrogens (primary N) is 2. The Hall–Kier alpha value is -2.57. The summed E-state index contributed by atoms with van der Waals surface area (Å²) in [5.74, 6) is -0.892. The lowest BCUT2D eigenvalue weighted by molar-refractivity contribution is -0.850. The lowest BCUT2D eigenvalue weighted by atomic mass is 10.3. The molecule has 0 atom stereocenters. The molecule has 1 fully saturated rings. The van der Waals surface area contributed by atoms with Crippen molar-refractivity contribution in [3.05, 3.63) is 31.5 Å². The van der Waals surface area contributed by atoms with E-state index in [1.165, 1.54) is 0 Å². The van der Waals surface area contributed by atoms with Gasteiger partial charge in [0.2, 0.25) is 11.6 Å². The normalized spacial score (nSPS) is 14.9. The molecule has 0 aliphatic carbocycles. The number of nitrogen functional groups attached to an aromatic ring is 2. The summed E-state index contributed by atoms with van der Waals surface area (Å²) in [6.07, 6.45) is 0. The van der Waals surface area contributed by atoms with Crippen LogP contribution in [0.4, 0.5) is 23.0 Å². The average molecular weight is 301 g/mol. The van der Waals surface area contributed by atoms with Gasteiger partial charge in [-0.25, -0.2) is 4.98 Å². The summed E-state index contributed by atoms with van der Waals surface area (Å²) >= 11 is 0. The zero-order chi connectivity index (χ0) is 16.0. The fraction of sp³-hybridized carbons (Fsp3) is 0.444. The minimum atomic E-state index is -0.866. The first-order valence-corrected chi connectivity index (χ1v) is 5.90. The third-order valence-electron chi connectivity index (χ3n) is 2.59. The van der Waals surface area contributed by atoms with E-state index in [2.05, 4.69) is 10.3 Å².